The van der Waals surface area contributed by atoms with Crippen molar-refractivity contribution in [1.82, 2.24) is 9.55 Å². The molecule has 0 radical (unpaired) electrons. The van der Waals surface area contributed by atoms with Crippen LogP contribution >= 0.6 is 0 Å². The van der Waals surface area contributed by atoms with Crippen molar-refractivity contribution < 1.29 is 19.1 Å². The van der Waals surface area contributed by atoms with Crippen LogP contribution in [0.2, 0.25) is 0 Å². The fraction of sp³-hybridized carbons (Fsp3) is 0.318. The number of carbonyl (C=O) groups excluding carboxylic acids is 2. The molecule has 0 fully saturated rings. The number of fused-ring (bicyclic) bond motifs is 3. The van der Waals surface area contributed by atoms with E-state index in [0.717, 1.165) is 16.6 Å². The zero-order valence-electron chi connectivity index (χ0n) is 16.4. The van der Waals surface area contributed by atoms with Gasteiger partial charge in [-0.3, -0.25) is 14.5 Å². The summed E-state index contributed by atoms with van der Waals surface area (Å²) in [6.45, 7) is 2.58. The molecule has 2 aromatic carbocycles. The molecule has 0 bridgehead atoms. The van der Waals surface area contributed by atoms with Crippen LogP contribution in [0.3, 0.4) is 0 Å². The summed E-state index contributed by atoms with van der Waals surface area (Å²) in [4.78, 5) is 32.7. The average Bonchev–Trinajstić information content (AvgIpc) is 3.12. The predicted octanol–water partition coefficient (Wildman–Crippen LogP) is 2.80. The molecule has 4 rings (SSSR count). The van der Waals surface area contributed by atoms with Crippen LogP contribution in [0, 0.1) is 5.92 Å². The number of nitrogens with zero attached hydrogens (tertiary/aromatic N) is 3. The van der Waals surface area contributed by atoms with Crippen molar-refractivity contribution in [2.75, 3.05) is 31.8 Å². The van der Waals surface area contributed by atoms with Crippen LogP contribution in [0.4, 0.5) is 5.95 Å². The molecule has 29 heavy (non-hydrogen) atoms. The number of amides is 1. The predicted molar refractivity (Wildman–Crippen MR) is 109 cm³/mol. The Bertz CT molecular complexity index is 1030. The maximum Gasteiger partial charge on any atom is 0.321 e. The Balaban J connectivity index is 1.97. The first kappa shape index (κ1) is 19.1. The Morgan fingerprint density at radius 1 is 1.10 bits per heavy atom. The molecular weight excluding hydrogens is 370 g/mol. The van der Waals surface area contributed by atoms with Gasteiger partial charge in [0.05, 0.1) is 36.8 Å². The highest BCUT2D eigenvalue weighted by atomic mass is 16.5. The summed E-state index contributed by atoms with van der Waals surface area (Å²) in [6, 6.07) is 16.7. The van der Waals surface area contributed by atoms with Gasteiger partial charge in [0.15, 0.2) is 5.92 Å². The average molecular weight is 393 g/mol. The van der Waals surface area contributed by atoms with Gasteiger partial charge in [-0.1, -0.05) is 42.5 Å². The van der Waals surface area contributed by atoms with Crippen LogP contribution in [0.1, 0.15) is 18.5 Å². The number of esters is 1. The molecule has 7 nitrogen and oxygen atoms in total. The fourth-order valence-corrected chi connectivity index (χ4v) is 3.89. The first-order valence-electron chi connectivity index (χ1n) is 9.66. The molecule has 0 N–H and O–H groups in total. The van der Waals surface area contributed by atoms with E-state index in [9.17, 15) is 9.59 Å². The highest BCUT2D eigenvalue weighted by molar-refractivity contribution is 6.08. The SMILES string of the molecule is CCOC(=O)[C@H]1C(=O)N(CCOC)c2nc3ccccc3n2[C@H]1c1ccccc1. The fourth-order valence-electron chi connectivity index (χ4n) is 3.89. The van der Waals surface area contributed by atoms with E-state index in [1.54, 1.807) is 14.0 Å². The molecule has 2 heterocycles. The van der Waals surface area contributed by atoms with Crippen molar-refractivity contribution in [1.29, 1.82) is 0 Å². The van der Waals surface area contributed by atoms with Gasteiger partial charge in [-0.2, -0.15) is 0 Å². The summed E-state index contributed by atoms with van der Waals surface area (Å²) in [5, 5.41) is 0. The van der Waals surface area contributed by atoms with Crippen molar-refractivity contribution in [2.24, 2.45) is 5.92 Å². The summed E-state index contributed by atoms with van der Waals surface area (Å²) in [7, 11) is 1.58. The van der Waals surface area contributed by atoms with Crippen molar-refractivity contribution in [3.05, 3.63) is 60.2 Å². The van der Waals surface area contributed by atoms with Crippen LogP contribution in [0.5, 0.6) is 0 Å². The molecule has 150 valence electrons. The zero-order chi connectivity index (χ0) is 20.4. The molecule has 7 heteroatoms. The number of benzene rings is 2. The Morgan fingerprint density at radius 3 is 2.55 bits per heavy atom. The number of carbonyl (C=O) groups is 2. The Morgan fingerprint density at radius 2 is 1.83 bits per heavy atom. The zero-order valence-corrected chi connectivity index (χ0v) is 16.4. The lowest BCUT2D eigenvalue weighted by atomic mass is 9.89. The summed E-state index contributed by atoms with van der Waals surface area (Å²) in [6.07, 6.45) is 0. The Labute approximate surface area is 168 Å². The largest absolute Gasteiger partial charge is 0.465 e. The van der Waals surface area contributed by atoms with Gasteiger partial charge >= 0.3 is 5.97 Å². The number of aromatic nitrogens is 2. The third-order valence-corrected chi connectivity index (χ3v) is 5.15. The van der Waals surface area contributed by atoms with Gasteiger partial charge < -0.3 is 14.0 Å². The first-order chi connectivity index (χ1) is 14.2. The monoisotopic (exact) mass is 393 g/mol. The van der Waals surface area contributed by atoms with Gasteiger partial charge in [0.25, 0.3) is 0 Å². The van der Waals surface area contributed by atoms with Gasteiger partial charge in [-0.15, -0.1) is 0 Å². The molecule has 1 amide bonds. The second-order valence-electron chi connectivity index (χ2n) is 6.84. The van der Waals surface area contributed by atoms with E-state index in [1.807, 2.05) is 59.2 Å². The van der Waals surface area contributed by atoms with Crippen LogP contribution < -0.4 is 4.90 Å². The summed E-state index contributed by atoms with van der Waals surface area (Å²) in [5.41, 5.74) is 2.48. The van der Waals surface area contributed by atoms with Gasteiger partial charge in [0, 0.05) is 7.11 Å². The third kappa shape index (κ3) is 3.27. The van der Waals surface area contributed by atoms with E-state index in [0.29, 0.717) is 19.1 Å². The topological polar surface area (TPSA) is 73.7 Å². The molecule has 0 saturated heterocycles. The summed E-state index contributed by atoms with van der Waals surface area (Å²) < 4.78 is 12.5. The Kier molecular flexibility index (Phi) is 5.31. The lowest BCUT2D eigenvalue weighted by Gasteiger charge is -2.37. The normalized spacial score (nSPS) is 18.7. The second-order valence-corrected chi connectivity index (χ2v) is 6.84. The van der Waals surface area contributed by atoms with E-state index < -0.39 is 17.9 Å². The lowest BCUT2D eigenvalue weighted by molar-refractivity contribution is -0.153. The van der Waals surface area contributed by atoms with Crippen molar-refractivity contribution >= 4 is 28.9 Å². The number of methoxy groups -OCH3 is 1. The van der Waals surface area contributed by atoms with Gasteiger partial charge in [-0.05, 0) is 24.6 Å². The van der Waals surface area contributed by atoms with E-state index in [4.69, 9.17) is 14.5 Å². The molecule has 0 saturated carbocycles. The highest BCUT2D eigenvalue weighted by Crippen LogP contribution is 2.41. The first-order valence-corrected chi connectivity index (χ1v) is 9.66. The molecule has 0 unspecified atom stereocenters. The molecule has 0 aliphatic carbocycles. The summed E-state index contributed by atoms with van der Waals surface area (Å²) >= 11 is 0. The van der Waals surface area contributed by atoms with Gasteiger partial charge in [0.1, 0.15) is 0 Å². The molecule has 1 aliphatic rings. The third-order valence-electron chi connectivity index (χ3n) is 5.15. The number of hydrogen-bond acceptors (Lipinski definition) is 5. The molecule has 3 aromatic rings. The molecule has 2 atom stereocenters. The van der Waals surface area contributed by atoms with E-state index in [1.165, 1.54) is 4.90 Å². The van der Waals surface area contributed by atoms with Crippen LogP contribution in [0.25, 0.3) is 11.0 Å². The van der Waals surface area contributed by atoms with Crippen molar-refractivity contribution in [3.63, 3.8) is 0 Å². The second kappa shape index (κ2) is 8.05. The number of anilines is 1. The Hall–Kier alpha value is -3.19. The smallest absolute Gasteiger partial charge is 0.321 e. The molecule has 0 spiro atoms. The maximum absolute atomic E-state index is 13.5. The van der Waals surface area contributed by atoms with Gasteiger partial charge in [-0.25, -0.2) is 4.98 Å². The minimum Gasteiger partial charge on any atom is -0.465 e. The van der Waals surface area contributed by atoms with E-state index in [2.05, 4.69) is 0 Å². The minimum atomic E-state index is -1.00. The summed E-state index contributed by atoms with van der Waals surface area (Å²) in [5.74, 6) is -1.34. The minimum absolute atomic E-state index is 0.208. The number of ether oxygens (including phenoxy) is 2. The van der Waals surface area contributed by atoms with Gasteiger partial charge in [0.2, 0.25) is 11.9 Å². The molecule has 1 aliphatic heterocycles. The quantitative estimate of drug-likeness (QED) is 0.476. The standard InChI is InChI=1S/C22H23N3O4/c1-3-29-21(27)18-19(15-9-5-4-6-10-15)25-17-12-8-7-11-16(17)23-22(25)24(20(18)26)13-14-28-2/h4-12,18-19H,3,13-14H2,1-2H3/t18-,19+/m1/s1. The van der Waals surface area contributed by atoms with Crippen LogP contribution in [-0.2, 0) is 19.1 Å². The van der Waals surface area contributed by atoms with Crippen molar-refractivity contribution in [3.8, 4) is 0 Å². The van der Waals surface area contributed by atoms with Crippen LogP contribution in [-0.4, -0.2) is 48.3 Å². The maximum atomic E-state index is 13.5. The van der Waals surface area contributed by atoms with E-state index in [-0.39, 0.29) is 12.5 Å². The van der Waals surface area contributed by atoms with Crippen molar-refractivity contribution in [2.45, 2.75) is 13.0 Å². The lowest BCUT2D eigenvalue weighted by Crippen LogP contribution is -2.51. The molecule has 1 aromatic heterocycles. The highest BCUT2D eigenvalue weighted by Gasteiger charge is 2.47. The number of rotatable bonds is 6. The number of para-hydroxylation sites is 2. The van der Waals surface area contributed by atoms with E-state index >= 15 is 0 Å². The molecular formula is C22H23N3O4. The number of hydrogen-bond donors (Lipinski definition) is 0. The number of imidazole rings is 1. The van der Waals surface area contributed by atoms with Crippen LogP contribution in [0.15, 0.2) is 54.6 Å².